The van der Waals surface area contributed by atoms with Crippen LogP contribution in [0.1, 0.15) is 89.2 Å². The first kappa shape index (κ1) is 15.5. The average molecular weight is 783 g/mol. The topological polar surface area (TPSA) is 56.3 Å². The normalized spacial score (nSPS) is 30.5. The molecule has 0 radical (unpaired) electrons. The third kappa shape index (κ3) is 9.12. The van der Waals surface area contributed by atoms with E-state index in [4.69, 9.17) is 32.9 Å². The Morgan fingerprint density at radius 3 is 2.53 bits per heavy atom. The van der Waals surface area contributed by atoms with Gasteiger partial charge in [0.2, 0.25) is 5.91 Å². The van der Waals surface area contributed by atoms with E-state index < -0.39 is 251 Å². The molecule has 0 spiro atoms. The molecule has 4 aromatic carbocycles. The summed E-state index contributed by atoms with van der Waals surface area (Å²) in [5.74, 6) is -8.05. The number of ether oxygens (including phenoxy) is 1. The van der Waals surface area contributed by atoms with Gasteiger partial charge in [0.15, 0.2) is 11.6 Å². The number of benzene rings is 4. The van der Waals surface area contributed by atoms with E-state index in [0.717, 1.165) is 6.92 Å². The number of carbonyl (C=O) groups excluding carboxylic acids is 1. The second kappa shape index (κ2) is 16.8. The summed E-state index contributed by atoms with van der Waals surface area (Å²) in [6, 6.07) is -26.4. The molecule has 12 heteroatoms. The minimum Gasteiger partial charge on any atom is -0.384 e. The minimum absolute atomic E-state index is 0.163. The number of para-hydroxylation sites is 1. The van der Waals surface area contributed by atoms with Crippen LogP contribution in [0.25, 0.3) is 11.1 Å². The lowest BCUT2D eigenvalue weighted by atomic mass is 9.97. The zero-order valence-corrected chi connectivity index (χ0v) is 27.4. The minimum atomic E-state index is -5.54. The number of piperidine rings is 1. The Kier molecular flexibility index (Phi) is 4.92. The van der Waals surface area contributed by atoms with Crippen molar-refractivity contribution in [2.24, 2.45) is 0 Å². The zero-order chi connectivity index (χ0) is 64.9. The molecule has 0 saturated carbocycles. The van der Waals surface area contributed by atoms with E-state index in [2.05, 4.69) is 4.74 Å². The fourth-order valence-electron chi connectivity index (χ4n) is 4.44. The number of fused-ring (bicyclic) bond motifs is 1. The number of aliphatic hydroxyl groups is 1. The van der Waals surface area contributed by atoms with Crippen LogP contribution in [0.15, 0.2) is 95.7 Å². The molecule has 1 unspecified atom stereocenters. The Labute approximate surface area is 354 Å². The van der Waals surface area contributed by atoms with Gasteiger partial charge in [0.1, 0.15) is 12.6 Å². The Morgan fingerprint density at radius 1 is 1.06 bits per heavy atom. The van der Waals surface area contributed by atoms with Crippen molar-refractivity contribution in [1.29, 1.82) is 0 Å². The maximum atomic E-state index is 16.0. The molecule has 0 aromatic heterocycles. The summed E-state index contributed by atoms with van der Waals surface area (Å²) in [5, 5.41) is 10.3. The van der Waals surface area contributed by atoms with Crippen LogP contribution in [-0.2, 0) is 28.0 Å². The van der Waals surface area contributed by atoms with Crippen molar-refractivity contribution in [2.45, 2.75) is 50.3 Å². The SMILES string of the molecule is [2H]C1=C(SCc2c([2H])c([2H])c([2H])c(F)c2F)N(C([2H])([2H])C(=O)N(Cc2c([2H])c([2H])c(-c3c([2H])c([2H])c(C(F)(F)F)c([2H])c3[2H])c([2H])c2C)C2([2H])C([2H])([2H])C([2H])([2H])N(C([2H])([2H])COC([2H])([2H])[2H])C([2H])([2H])C2([2H])[2H])c2c([2H])c([2H])c([2H])c([2H])c2C1O. The van der Waals surface area contributed by atoms with E-state index in [1.807, 2.05) is 0 Å². The van der Waals surface area contributed by atoms with Crippen LogP contribution in [0.3, 0.4) is 0 Å². The van der Waals surface area contributed by atoms with Crippen molar-refractivity contribution in [3.63, 3.8) is 0 Å². The first-order chi connectivity index (χ1) is 37.7. The van der Waals surface area contributed by atoms with Crippen LogP contribution in [0.4, 0.5) is 27.6 Å². The number of nitrogens with zero attached hydrogens (tertiary/aromatic N) is 3. The van der Waals surface area contributed by atoms with Gasteiger partial charge >= 0.3 is 6.18 Å². The number of likely N-dealkylation sites (tertiary alicyclic amines) is 1. The highest BCUT2D eigenvalue weighted by Crippen LogP contribution is 2.41. The number of alkyl halides is 3. The molecule has 1 atom stereocenters. The van der Waals surface area contributed by atoms with Crippen molar-refractivity contribution >= 4 is 23.4 Å². The lowest BCUT2D eigenvalue weighted by molar-refractivity contribution is -0.137. The molecule has 6 nitrogen and oxygen atoms in total. The molecule has 280 valence electrons. The van der Waals surface area contributed by atoms with Gasteiger partial charge in [0, 0.05) is 75.4 Å². The average Bonchev–Trinajstić information content (AvgIpc) is 0.677. The van der Waals surface area contributed by atoms with E-state index in [9.17, 15) is 32.3 Å². The van der Waals surface area contributed by atoms with E-state index in [0.29, 0.717) is 0 Å². The standard InChI is InChI=1S/C41H42F5N3O3S/c1-27-22-29(28-12-14-32(15-13-28)41(44,45)46)10-11-30(27)24-48(33-16-18-47(19-17-33)20-21-52-2)38(51)25-49-36-9-4-3-7-34(36)37(50)23-39(49)53-26-31-6-5-8-35(42)40(31)43/h3-15,22-23,33,37,50H,16-21,24-26H2,1-2H3/i2D3,3D,4D,5D,6D,7D,8D,9D,10D,11D,12D,13D,14D,15D,16D2,17D2,18D2,19D2,20D2,22D,23D,25D2,33D. The quantitative estimate of drug-likeness (QED) is 0.145. The molecule has 2 aliphatic rings. The summed E-state index contributed by atoms with van der Waals surface area (Å²) < 4.78 is 347. The maximum Gasteiger partial charge on any atom is 0.416 e. The largest absolute Gasteiger partial charge is 0.416 e. The molecule has 0 bridgehead atoms. The third-order valence-corrected chi connectivity index (χ3v) is 8.03. The number of methoxy groups -OCH3 is 1. The predicted molar refractivity (Wildman–Crippen MR) is 198 cm³/mol. The highest BCUT2D eigenvalue weighted by Gasteiger charge is 2.33. The molecular weight excluding hydrogens is 710 g/mol. The molecule has 2 aliphatic heterocycles. The number of thioether (sulfide) groups is 1. The van der Waals surface area contributed by atoms with Gasteiger partial charge in [-0.15, -0.1) is 11.8 Å². The van der Waals surface area contributed by atoms with Gasteiger partial charge in [0.05, 0.1) is 46.0 Å². The maximum absolute atomic E-state index is 16.0. The van der Waals surface area contributed by atoms with Crippen molar-refractivity contribution in [1.82, 2.24) is 9.80 Å². The van der Waals surface area contributed by atoms with Crippen LogP contribution in [0, 0.1) is 18.6 Å². The Morgan fingerprint density at radius 2 is 1.79 bits per heavy atom. The molecule has 6 rings (SSSR count). The number of halogens is 5. The number of hydrogen-bond donors (Lipinski definition) is 1. The van der Waals surface area contributed by atoms with Gasteiger partial charge in [-0.25, -0.2) is 8.78 Å². The van der Waals surface area contributed by atoms with Crippen molar-refractivity contribution in [3.8, 4) is 11.1 Å². The van der Waals surface area contributed by atoms with Crippen molar-refractivity contribution in [2.75, 3.05) is 44.5 Å². The lowest BCUT2D eigenvalue weighted by Gasteiger charge is -2.41. The van der Waals surface area contributed by atoms with Crippen LogP contribution < -0.4 is 4.90 Å². The second-order valence-corrected chi connectivity index (χ2v) is 11.4. The van der Waals surface area contributed by atoms with Crippen molar-refractivity contribution in [3.05, 3.63) is 135 Å². The molecule has 53 heavy (non-hydrogen) atoms. The first-order valence-corrected chi connectivity index (χ1v) is 15.6. The summed E-state index contributed by atoms with van der Waals surface area (Å²) in [5.41, 5.74) is -10.3. The van der Waals surface area contributed by atoms with E-state index in [1.165, 1.54) is 0 Å². The summed E-state index contributed by atoms with van der Waals surface area (Å²) in [4.78, 5) is 14.2. The summed E-state index contributed by atoms with van der Waals surface area (Å²) in [7, 11) is -3.57. The molecule has 2 heterocycles. The van der Waals surface area contributed by atoms with Gasteiger partial charge in [-0.05, 0) is 72.1 Å². The van der Waals surface area contributed by atoms with Gasteiger partial charge in [-0.2, -0.15) is 13.2 Å². The van der Waals surface area contributed by atoms with Gasteiger partial charge < -0.3 is 24.5 Å². The number of amides is 1. The molecular formula is C41H42F5N3O3S. The van der Waals surface area contributed by atoms with Gasteiger partial charge in [-0.1, -0.05) is 60.4 Å². The van der Waals surface area contributed by atoms with Gasteiger partial charge in [0.25, 0.3) is 0 Å². The monoisotopic (exact) mass is 782 g/mol. The van der Waals surface area contributed by atoms with E-state index in [1.54, 1.807) is 0 Å². The highest BCUT2D eigenvalue weighted by molar-refractivity contribution is 8.02. The Balaban J connectivity index is 1.75. The van der Waals surface area contributed by atoms with Crippen LogP contribution in [-0.4, -0.2) is 66.5 Å². The first-order valence-electron chi connectivity index (χ1n) is 30.1. The summed E-state index contributed by atoms with van der Waals surface area (Å²) in [6.07, 6.45) is -17.9. The van der Waals surface area contributed by atoms with Crippen LogP contribution in [0.2, 0.25) is 0 Å². The number of anilines is 1. The molecule has 0 aliphatic carbocycles. The highest BCUT2D eigenvalue weighted by atomic mass is 32.2. The lowest BCUT2D eigenvalue weighted by Crippen LogP contribution is -2.50. The van der Waals surface area contributed by atoms with E-state index in [-0.39, 0.29) is 16.7 Å². The number of hydrogen-bond acceptors (Lipinski definition) is 6. The van der Waals surface area contributed by atoms with Gasteiger partial charge in [-0.3, -0.25) is 4.79 Å². The Bertz CT molecular complexity index is 3360. The van der Waals surface area contributed by atoms with Crippen LogP contribution >= 0.6 is 11.8 Å². The number of carbonyl (C=O) groups is 1. The zero-order valence-electron chi connectivity index (χ0n) is 57.6. The van der Waals surface area contributed by atoms with Crippen LogP contribution in [0.5, 0.6) is 0 Å². The molecule has 1 saturated heterocycles. The molecule has 4 aromatic rings. The fourth-order valence-corrected chi connectivity index (χ4v) is 5.39. The fraction of sp³-hybridized carbons (Fsp3) is 0.341. The van der Waals surface area contributed by atoms with E-state index >= 15 is 9.18 Å². The number of aliphatic hydroxyl groups excluding tert-OH is 1. The molecule has 1 N–H and O–H groups in total. The predicted octanol–water partition coefficient (Wildman–Crippen LogP) is 8.73. The molecule has 1 fully saturated rings. The third-order valence-electron chi connectivity index (χ3n) is 7.02. The van der Waals surface area contributed by atoms with Crippen molar-refractivity contribution < 1.29 is 79.1 Å². The summed E-state index contributed by atoms with van der Waals surface area (Å²) >= 11 is -0.163. The Hall–Kier alpha value is -4.23. The molecule has 1 amide bonds. The second-order valence-electron chi connectivity index (χ2n) is 10.4. The number of rotatable bonds is 12. The summed E-state index contributed by atoms with van der Waals surface area (Å²) in [6.45, 7) is -21.3. The smallest absolute Gasteiger partial charge is 0.384 e.